The van der Waals surface area contributed by atoms with Crippen molar-refractivity contribution in [3.8, 4) is 0 Å². The van der Waals surface area contributed by atoms with Crippen molar-refractivity contribution in [2.24, 2.45) is 0 Å². The van der Waals surface area contributed by atoms with Crippen molar-refractivity contribution >= 4 is 21.8 Å². The summed E-state index contributed by atoms with van der Waals surface area (Å²) in [6.45, 7) is 6.77. The van der Waals surface area contributed by atoms with Crippen LogP contribution in [0, 0.1) is 13.8 Å². The van der Waals surface area contributed by atoms with Crippen LogP contribution in [0.25, 0.3) is 0 Å². The third-order valence-corrected chi connectivity index (χ3v) is 3.58. The maximum absolute atomic E-state index is 12.1. The van der Waals surface area contributed by atoms with Crippen LogP contribution >= 0.6 is 15.9 Å². The van der Waals surface area contributed by atoms with Crippen molar-refractivity contribution in [1.82, 2.24) is 5.32 Å². The zero-order valence-corrected chi connectivity index (χ0v) is 12.3. The van der Waals surface area contributed by atoms with Crippen LogP contribution in [0.5, 0.6) is 0 Å². The maximum atomic E-state index is 12.1. The van der Waals surface area contributed by atoms with Crippen LogP contribution in [-0.4, -0.2) is 17.3 Å². The fourth-order valence-corrected chi connectivity index (χ4v) is 2.50. The number of carbonyl (C=O) groups is 1. The van der Waals surface area contributed by atoms with Crippen LogP contribution in [0.2, 0.25) is 0 Å². The van der Waals surface area contributed by atoms with Gasteiger partial charge >= 0.3 is 0 Å². The molecule has 0 saturated carbocycles. The molecule has 0 saturated heterocycles. The van der Waals surface area contributed by atoms with Gasteiger partial charge in [-0.3, -0.25) is 4.79 Å². The summed E-state index contributed by atoms with van der Waals surface area (Å²) in [6, 6.07) is 5.92. The highest BCUT2D eigenvalue weighted by Gasteiger charge is 2.12. The first kappa shape index (κ1) is 14.2. The number of amides is 1. The largest absolute Gasteiger partial charge is 0.351 e. The highest BCUT2D eigenvalue weighted by atomic mass is 79.9. The molecule has 1 N–H and O–H groups in total. The van der Waals surface area contributed by atoms with Gasteiger partial charge in [0, 0.05) is 16.9 Å². The van der Waals surface area contributed by atoms with Gasteiger partial charge in [-0.25, -0.2) is 0 Å². The normalized spacial score (nSPS) is 12.2. The molecule has 0 aliphatic rings. The zero-order chi connectivity index (χ0) is 12.8. The SMILES string of the molecule is CCCC(Br)CNC(=O)c1c(C)cccc1C. The topological polar surface area (TPSA) is 29.1 Å². The van der Waals surface area contributed by atoms with E-state index in [9.17, 15) is 4.79 Å². The Bertz CT molecular complexity index is 370. The smallest absolute Gasteiger partial charge is 0.251 e. The first-order valence-corrected chi connectivity index (χ1v) is 6.96. The monoisotopic (exact) mass is 297 g/mol. The molecule has 2 nitrogen and oxygen atoms in total. The minimum Gasteiger partial charge on any atom is -0.351 e. The van der Waals surface area contributed by atoms with Crippen LogP contribution < -0.4 is 5.32 Å². The van der Waals surface area contributed by atoms with E-state index in [1.54, 1.807) is 0 Å². The van der Waals surface area contributed by atoms with Gasteiger partial charge in [0.2, 0.25) is 0 Å². The predicted molar refractivity (Wildman–Crippen MR) is 75.9 cm³/mol. The van der Waals surface area contributed by atoms with Crippen molar-refractivity contribution in [3.63, 3.8) is 0 Å². The Morgan fingerprint density at radius 1 is 1.35 bits per heavy atom. The molecule has 1 rings (SSSR count). The second kappa shape index (κ2) is 6.80. The number of hydrogen-bond donors (Lipinski definition) is 1. The number of hydrogen-bond acceptors (Lipinski definition) is 1. The van der Waals surface area contributed by atoms with Gasteiger partial charge in [0.1, 0.15) is 0 Å². The molecule has 0 aliphatic carbocycles. The van der Waals surface area contributed by atoms with Gasteiger partial charge in [-0.05, 0) is 31.4 Å². The molecule has 0 heterocycles. The van der Waals surface area contributed by atoms with Gasteiger partial charge in [0.25, 0.3) is 5.91 Å². The summed E-state index contributed by atoms with van der Waals surface area (Å²) in [5, 5.41) is 2.98. The number of halogens is 1. The Hall–Kier alpha value is -0.830. The number of benzene rings is 1. The molecule has 17 heavy (non-hydrogen) atoms. The average molecular weight is 298 g/mol. The highest BCUT2D eigenvalue weighted by Crippen LogP contribution is 2.13. The third-order valence-electron chi connectivity index (χ3n) is 2.79. The molecular formula is C14H20BrNO. The van der Waals surface area contributed by atoms with E-state index < -0.39 is 0 Å². The third kappa shape index (κ3) is 4.15. The molecule has 1 amide bonds. The van der Waals surface area contributed by atoms with E-state index in [0.29, 0.717) is 11.4 Å². The molecule has 1 aromatic rings. The summed E-state index contributed by atoms with van der Waals surface area (Å²) in [4.78, 5) is 12.4. The van der Waals surface area contributed by atoms with Gasteiger partial charge in [-0.15, -0.1) is 0 Å². The van der Waals surface area contributed by atoms with E-state index in [1.165, 1.54) is 0 Å². The lowest BCUT2D eigenvalue weighted by Gasteiger charge is -2.13. The molecule has 0 radical (unpaired) electrons. The van der Waals surface area contributed by atoms with Crippen molar-refractivity contribution in [1.29, 1.82) is 0 Å². The van der Waals surface area contributed by atoms with Crippen LogP contribution in [0.4, 0.5) is 0 Å². The number of nitrogens with one attached hydrogen (secondary N) is 1. The lowest BCUT2D eigenvalue weighted by atomic mass is 10.0. The number of alkyl halides is 1. The van der Waals surface area contributed by atoms with Crippen molar-refractivity contribution in [3.05, 3.63) is 34.9 Å². The minimum absolute atomic E-state index is 0.0288. The Kier molecular flexibility index (Phi) is 5.69. The van der Waals surface area contributed by atoms with Gasteiger partial charge < -0.3 is 5.32 Å². The lowest BCUT2D eigenvalue weighted by Crippen LogP contribution is -2.30. The summed E-state index contributed by atoms with van der Waals surface area (Å²) in [6.07, 6.45) is 2.20. The summed E-state index contributed by atoms with van der Waals surface area (Å²) < 4.78 is 0. The van der Waals surface area contributed by atoms with E-state index in [-0.39, 0.29) is 5.91 Å². The molecule has 0 aliphatic heterocycles. The summed E-state index contributed by atoms with van der Waals surface area (Å²) in [5.41, 5.74) is 2.87. The van der Waals surface area contributed by atoms with Crippen LogP contribution in [0.3, 0.4) is 0 Å². The van der Waals surface area contributed by atoms with Gasteiger partial charge in [-0.1, -0.05) is 47.5 Å². The molecule has 0 spiro atoms. The fourth-order valence-electron chi connectivity index (χ4n) is 1.88. The first-order chi connectivity index (χ1) is 8.06. The second-order valence-corrected chi connectivity index (χ2v) is 5.66. The summed E-state index contributed by atoms with van der Waals surface area (Å²) in [7, 11) is 0. The van der Waals surface area contributed by atoms with E-state index in [0.717, 1.165) is 29.5 Å². The molecule has 1 atom stereocenters. The Balaban J connectivity index is 2.64. The van der Waals surface area contributed by atoms with Crippen molar-refractivity contribution in [2.75, 3.05) is 6.54 Å². The lowest BCUT2D eigenvalue weighted by molar-refractivity contribution is 0.0952. The van der Waals surface area contributed by atoms with E-state index >= 15 is 0 Å². The van der Waals surface area contributed by atoms with Crippen LogP contribution in [-0.2, 0) is 0 Å². The van der Waals surface area contributed by atoms with Gasteiger partial charge in [-0.2, -0.15) is 0 Å². The average Bonchev–Trinajstić information content (AvgIpc) is 2.26. The molecule has 94 valence electrons. The second-order valence-electron chi connectivity index (χ2n) is 4.36. The summed E-state index contributed by atoms with van der Waals surface area (Å²) in [5.74, 6) is 0.0288. The standard InChI is InChI=1S/C14H20BrNO/c1-4-6-12(15)9-16-14(17)13-10(2)7-5-8-11(13)3/h5,7-8,12H,4,6,9H2,1-3H3,(H,16,17). The highest BCUT2D eigenvalue weighted by molar-refractivity contribution is 9.09. The van der Waals surface area contributed by atoms with E-state index in [1.807, 2.05) is 32.0 Å². The quantitative estimate of drug-likeness (QED) is 0.827. The molecule has 0 aromatic heterocycles. The molecular weight excluding hydrogens is 278 g/mol. The molecule has 3 heteroatoms. The van der Waals surface area contributed by atoms with Crippen molar-refractivity contribution < 1.29 is 4.79 Å². The molecule has 0 bridgehead atoms. The van der Waals surface area contributed by atoms with Crippen LogP contribution in [0.1, 0.15) is 41.3 Å². The van der Waals surface area contributed by atoms with E-state index in [4.69, 9.17) is 0 Å². The van der Waals surface area contributed by atoms with Gasteiger partial charge in [0.05, 0.1) is 0 Å². The number of rotatable bonds is 5. The van der Waals surface area contributed by atoms with Gasteiger partial charge in [0.15, 0.2) is 0 Å². The zero-order valence-electron chi connectivity index (χ0n) is 10.7. The van der Waals surface area contributed by atoms with Crippen LogP contribution in [0.15, 0.2) is 18.2 Å². The van der Waals surface area contributed by atoms with E-state index in [2.05, 4.69) is 28.2 Å². The molecule has 0 fully saturated rings. The minimum atomic E-state index is 0.0288. The Morgan fingerprint density at radius 3 is 2.47 bits per heavy atom. The Morgan fingerprint density at radius 2 is 1.94 bits per heavy atom. The molecule has 1 aromatic carbocycles. The first-order valence-electron chi connectivity index (χ1n) is 6.04. The fraction of sp³-hybridized carbons (Fsp3) is 0.500. The number of carbonyl (C=O) groups excluding carboxylic acids is 1. The number of aryl methyl sites for hydroxylation is 2. The predicted octanol–water partition coefficient (Wildman–Crippen LogP) is 3.60. The molecule has 1 unspecified atom stereocenters. The Labute approximate surface area is 112 Å². The summed E-state index contributed by atoms with van der Waals surface area (Å²) >= 11 is 3.56. The maximum Gasteiger partial charge on any atom is 0.251 e. The van der Waals surface area contributed by atoms with Crippen molar-refractivity contribution in [2.45, 2.75) is 38.4 Å².